The van der Waals surface area contributed by atoms with Gasteiger partial charge in [-0.15, -0.1) is 0 Å². The van der Waals surface area contributed by atoms with Crippen molar-refractivity contribution in [3.8, 4) is 5.75 Å². The number of anilines is 2. The Balaban J connectivity index is 1.68. The Bertz CT molecular complexity index is 1190. The van der Waals surface area contributed by atoms with Crippen LogP contribution in [0.3, 0.4) is 0 Å². The van der Waals surface area contributed by atoms with E-state index in [1.165, 1.54) is 12.1 Å². The lowest BCUT2D eigenvalue weighted by Crippen LogP contribution is -2.39. The zero-order valence-electron chi connectivity index (χ0n) is 19.9. The van der Waals surface area contributed by atoms with Crippen molar-refractivity contribution in [1.82, 2.24) is 4.90 Å². The fourth-order valence-corrected chi connectivity index (χ4v) is 4.56. The Labute approximate surface area is 202 Å². The van der Waals surface area contributed by atoms with Crippen LogP contribution in [0.5, 0.6) is 5.75 Å². The van der Waals surface area contributed by atoms with Gasteiger partial charge < -0.3 is 20.3 Å². The van der Waals surface area contributed by atoms with Crippen LogP contribution < -0.4 is 15.4 Å². The summed E-state index contributed by atoms with van der Waals surface area (Å²) in [6.07, 6.45) is -1.49. The first-order chi connectivity index (χ1) is 16.6. The second kappa shape index (κ2) is 9.28. The van der Waals surface area contributed by atoms with Gasteiger partial charge in [-0.05, 0) is 49.6 Å². The van der Waals surface area contributed by atoms with E-state index in [1.54, 1.807) is 23.1 Å². The molecule has 186 valence electrons. The molecule has 2 aromatic carbocycles. The molecule has 0 atom stereocenters. The Kier molecular flexibility index (Phi) is 6.53. The summed E-state index contributed by atoms with van der Waals surface area (Å²) in [5.74, 6) is -0.269. The molecule has 0 radical (unpaired) electrons. The average Bonchev–Trinajstić information content (AvgIpc) is 2.82. The van der Waals surface area contributed by atoms with Gasteiger partial charge in [-0.2, -0.15) is 13.2 Å². The van der Waals surface area contributed by atoms with Crippen molar-refractivity contribution in [3.05, 3.63) is 59.2 Å². The molecule has 35 heavy (non-hydrogen) atoms. The number of fused-ring (bicyclic) bond motifs is 2. The number of urea groups is 1. The molecule has 0 fully saturated rings. The first-order valence-corrected chi connectivity index (χ1v) is 11.7. The Morgan fingerprint density at radius 3 is 2.60 bits per heavy atom. The van der Waals surface area contributed by atoms with Crippen LogP contribution >= 0.6 is 0 Å². The maximum atomic E-state index is 13.3. The number of amides is 3. The van der Waals surface area contributed by atoms with Gasteiger partial charge in [0.15, 0.2) is 0 Å². The van der Waals surface area contributed by atoms with Crippen LogP contribution in [0.1, 0.15) is 56.7 Å². The number of benzene rings is 2. The SMILES string of the molecule is CCN1Cc2c(NC(=O)/C=C3\CC(CC)(CC)Oc4cc(C(F)(F)F)ccc43)cccc2NC1=O. The summed E-state index contributed by atoms with van der Waals surface area (Å²) >= 11 is 0. The smallest absolute Gasteiger partial charge is 0.416 e. The second-order valence-corrected chi connectivity index (χ2v) is 8.81. The highest BCUT2D eigenvalue weighted by atomic mass is 19.4. The van der Waals surface area contributed by atoms with E-state index < -0.39 is 23.2 Å². The number of hydrogen-bond acceptors (Lipinski definition) is 3. The third-order valence-electron chi connectivity index (χ3n) is 6.78. The number of carbonyl (C=O) groups excluding carboxylic acids is 2. The summed E-state index contributed by atoms with van der Waals surface area (Å²) in [7, 11) is 0. The van der Waals surface area contributed by atoms with Crippen LogP contribution in [0.25, 0.3) is 5.57 Å². The molecular weight excluding hydrogens is 459 g/mol. The molecule has 0 aliphatic carbocycles. The normalized spacial score (nSPS) is 17.8. The maximum absolute atomic E-state index is 13.3. The highest BCUT2D eigenvalue weighted by molar-refractivity contribution is 6.06. The van der Waals surface area contributed by atoms with Crippen LogP contribution in [0.15, 0.2) is 42.5 Å². The molecular formula is C26H28F3N3O3. The standard InChI is InChI=1S/C26H28F3N3O3/c1-4-25(5-2)14-16(18-11-10-17(26(27,28)29)13-22(18)35-25)12-23(33)30-20-8-7-9-21-19(20)15-32(6-3)24(34)31-21/h7-13H,4-6,14-15H2,1-3H3,(H,30,33)(H,31,34)/b16-12+. The zero-order valence-corrected chi connectivity index (χ0v) is 19.9. The summed E-state index contributed by atoms with van der Waals surface area (Å²) < 4.78 is 46.0. The van der Waals surface area contributed by atoms with E-state index in [0.29, 0.717) is 54.9 Å². The molecule has 2 aliphatic heterocycles. The van der Waals surface area contributed by atoms with Gasteiger partial charge in [0, 0.05) is 41.5 Å². The van der Waals surface area contributed by atoms with Gasteiger partial charge in [0.2, 0.25) is 5.91 Å². The minimum absolute atomic E-state index is 0.132. The lowest BCUT2D eigenvalue weighted by atomic mass is 9.83. The van der Waals surface area contributed by atoms with E-state index >= 15 is 0 Å². The lowest BCUT2D eigenvalue weighted by molar-refractivity contribution is -0.137. The molecule has 4 rings (SSSR count). The number of alkyl halides is 3. The van der Waals surface area contributed by atoms with Crippen molar-refractivity contribution in [1.29, 1.82) is 0 Å². The van der Waals surface area contributed by atoms with Gasteiger partial charge >= 0.3 is 12.2 Å². The van der Waals surface area contributed by atoms with Gasteiger partial charge in [0.25, 0.3) is 0 Å². The Morgan fingerprint density at radius 1 is 1.20 bits per heavy atom. The Morgan fingerprint density at radius 2 is 1.94 bits per heavy atom. The number of nitrogens with zero attached hydrogens (tertiary/aromatic N) is 1. The molecule has 0 saturated carbocycles. The van der Waals surface area contributed by atoms with Gasteiger partial charge in [-0.25, -0.2) is 4.79 Å². The molecule has 2 N–H and O–H groups in total. The third kappa shape index (κ3) is 4.85. The average molecular weight is 488 g/mol. The Hall–Kier alpha value is -3.49. The molecule has 6 nitrogen and oxygen atoms in total. The van der Waals surface area contributed by atoms with Crippen LogP contribution in [0.2, 0.25) is 0 Å². The zero-order chi connectivity index (χ0) is 25.4. The number of ether oxygens (including phenoxy) is 1. The molecule has 0 saturated heterocycles. The van der Waals surface area contributed by atoms with E-state index in [4.69, 9.17) is 4.74 Å². The number of rotatable bonds is 5. The molecule has 2 heterocycles. The topological polar surface area (TPSA) is 70.7 Å². The van der Waals surface area contributed by atoms with Crippen LogP contribution in [0.4, 0.5) is 29.3 Å². The number of nitrogens with one attached hydrogen (secondary N) is 2. The molecule has 3 amide bonds. The van der Waals surface area contributed by atoms with Crippen LogP contribution in [-0.4, -0.2) is 29.0 Å². The molecule has 9 heteroatoms. The predicted molar refractivity (Wildman–Crippen MR) is 128 cm³/mol. The monoisotopic (exact) mass is 487 g/mol. The van der Waals surface area contributed by atoms with Gasteiger partial charge in [0.1, 0.15) is 11.4 Å². The van der Waals surface area contributed by atoms with Gasteiger partial charge in [-0.3, -0.25) is 4.79 Å². The van der Waals surface area contributed by atoms with E-state index in [1.807, 2.05) is 20.8 Å². The van der Waals surface area contributed by atoms with E-state index in [9.17, 15) is 22.8 Å². The molecule has 0 unspecified atom stereocenters. The molecule has 0 bridgehead atoms. The second-order valence-electron chi connectivity index (χ2n) is 8.81. The summed E-state index contributed by atoms with van der Waals surface area (Å²) in [6.45, 7) is 6.59. The predicted octanol–water partition coefficient (Wildman–Crippen LogP) is 6.44. The summed E-state index contributed by atoms with van der Waals surface area (Å²) in [6, 6.07) is 8.47. The minimum Gasteiger partial charge on any atom is -0.486 e. The van der Waals surface area contributed by atoms with Crippen molar-refractivity contribution >= 4 is 28.9 Å². The highest BCUT2D eigenvalue weighted by Gasteiger charge is 2.38. The van der Waals surface area contributed by atoms with E-state index in [0.717, 1.165) is 17.7 Å². The molecule has 2 aliphatic rings. The summed E-state index contributed by atoms with van der Waals surface area (Å²) in [5.41, 5.74) is 1.61. The van der Waals surface area contributed by atoms with Crippen LogP contribution in [0, 0.1) is 0 Å². The fourth-order valence-electron chi connectivity index (χ4n) is 4.56. The molecule has 0 aromatic heterocycles. The van der Waals surface area contributed by atoms with Crippen LogP contribution in [-0.2, 0) is 17.5 Å². The lowest BCUT2D eigenvalue weighted by Gasteiger charge is -2.39. The summed E-state index contributed by atoms with van der Waals surface area (Å²) in [4.78, 5) is 26.9. The van der Waals surface area contributed by atoms with Crippen molar-refractivity contribution in [3.63, 3.8) is 0 Å². The summed E-state index contributed by atoms with van der Waals surface area (Å²) in [5, 5.41) is 5.72. The first-order valence-electron chi connectivity index (χ1n) is 11.7. The van der Waals surface area contributed by atoms with E-state index in [-0.39, 0.29) is 11.8 Å². The first kappa shape index (κ1) is 24.6. The number of hydrogen-bond donors (Lipinski definition) is 2. The quantitative estimate of drug-likeness (QED) is 0.477. The largest absolute Gasteiger partial charge is 0.486 e. The van der Waals surface area contributed by atoms with Crippen molar-refractivity contribution in [2.75, 3.05) is 17.2 Å². The third-order valence-corrected chi connectivity index (χ3v) is 6.78. The number of carbonyl (C=O) groups is 2. The van der Waals surface area contributed by atoms with Gasteiger partial charge in [-0.1, -0.05) is 26.0 Å². The van der Waals surface area contributed by atoms with Gasteiger partial charge in [0.05, 0.1) is 12.1 Å². The maximum Gasteiger partial charge on any atom is 0.416 e. The number of halogens is 3. The minimum atomic E-state index is -4.49. The van der Waals surface area contributed by atoms with Crippen molar-refractivity contribution in [2.45, 2.75) is 58.4 Å². The molecule has 2 aromatic rings. The molecule has 0 spiro atoms. The van der Waals surface area contributed by atoms with E-state index in [2.05, 4.69) is 10.6 Å². The highest BCUT2D eigenvalue weighted by Crippen LogP contribution is 2.45. The van der Waals surface area contributed by atoms with Crippen molar-refractivity contribution < 1.29 is 27.5 Å². The van der Waals surface area contributed by atoms with Crippen molar-refractivity contribution in [2.24, 2.45) is 0 Å². The fraction of sp³-hybridized carbons (Fsp3) is 0.385.